The fourth-order valence-corrected chi connectivity index (χ4v) is 6.61. The summed E-state index contributed by atoms with van der Waals surface area (Å²) in [5.41, 5.74) is 11.3. The third-order valence-electron chi connectivity index (χ3n) is 9.22. The van der Waals surface area contributed by atoms with E-state index < -0.39 is 0 Å². The SMILES string of the molecule is c1ccc(-c2nc(-c3ccccc3)nc(-c3ccc(-c4ccc5c(-c6cc(-c7ccccn7)cc(-c7ccccn7)c6)cccc5c4)cc3)n2)cc1. The zero-order valence-corrected chi connectivity index (χ0v) is 28.1. The van der Waals surface area contributed by atoms with Crippen LogP contribution in [0.5, 0.6) is 0 Å². The number of aromatic nitrogens is 5. The van der Waals surface area contributed by atoms with E-state index in [0.29, 0.717) is 17.5 Å². The van der Waals surface area contributed by atoms with Crippen LogP contribution in [-0.2, 0) is 0 Å². The monoisotopic (exact) mass is 665 g/mol. The molecule has 52 heavy (non-hydrogen) atoms. The van der Waals surface area contributed by atoms with Crippen LogP contribution in [0.15, 0.2) is 188 Å². The lowest BCUT2D eigenvalue weighted by Crippen LogP contribution is -2.00. The summed E-state index contributed by atoms with van der Waals surface area (Å²) in [6.45, 7) is 0. The van der Waals surface area contributed by atoms with Gasteiger partial charge < -0.3 is 0 Å². The Morgan fingerprint density at radius 3 is 1.31 bits per heavy atom. The van der Waals surface area contributed by atoms with Crippen LogP contribution >= 0.6 is 0 Å². The molecule has 9 rings (SSSR count). The van der Waals surface area contributed by atoms with E-state index in [4.69, 9.17) is 15.0 Å². The molecule has 0 amide bonds. The molecule has 0 bridgehead atoms. The van der Waals surface area contributed by atoms with Crippen molar-refractivity contribution in [1.29, 1.82) is 0 Å². The highest BCUT2D eigenvalue weighted by molar-refractivity contribution is 6.00. The Morgan fingerprint density at radius 1 is 0.288 bits per heavy atom. The van der Waals surface area contributed by atoms with E-state index in [1.54, 1.807) is 0 Å². The van der Waals surface area contributed by atoms with Gasteiger partial charge in [0.1, 0.15) is 0 Å². The number of hydrogen-bond donors (Lipinski definition) is 0. The van der Waals surface area contributed by atoms with Crippen molar-refractivity contribution in [2.45, 2.75) is 0 Å². The normalized spacial score (nSPS) is 11.1. The highest BCUT2D eigenvalue weighted by Gasteiger charge is 2.14. The average Bonchev–Trinajstić information content (AvgIpc) is 3.24. The maximum Gasteiger partial charge on any atom is 0.164 e. The molecule has 0 spiro atoms. The smallest absolute Gasteiger partial charge is 0.164 e. The molecule has 0 atom stereocenters. The summed E-state index contributed by atoms with van der Waals surface area (Å²) >= 11 is 0. The minimum absolute atomic E-state index is 0.639. The molecule has 9 aromatic rings. The van der Waals surface area contributed by atoms with Crippen LogP contribution in [-0.4, -0.2) is 24.9 Å². The molecule has 244 valence electrons. The Morgan fingerprint density at radius 2 is 0.769 bits per heavy atom. The highest BCUT2D eigenvalue weighted by atomic mass is 15.0. The van der Waals surface area contributed by atoms with Crippen LogP contribution in [0.3, 0.4) is 0 Å². The molecule has 0 saturated carbocycles. The third kappa shape index (κ3) is 6.23. The first-order valence-electron chi connectivity index (χ1n) is 17.2. The molecule has 0 aliphatic carbocycles. The molecule has 3 aromatic heterocycles. The molecule has 0 radical (unpaired) electrons. The zero-order valence-electron chi connectivity index (χ0n) is 28.1. The number of pyridine rings is 2. The quantitative estimate of drug-likeness (QED) is 0.169. The third-order valence-corrected chi connectivity index (χ3v) is 9.22. The molecular weight excluding hydrogens is 635 g/mol. The average molecular weight is 666 g/mol. The van der Waals surface area contributed by atoms with Gasteiger partial charge in [0.05, 0.1) is 11.4 Å². The standard InChI is InChI=1S/C47H31N5/c1-3-12-33(13-4-1)45-50-46(34-14-5-2-6-15-34)52-47(51-45)35-22-20-32(21-23-35)36-24-25-42-37(28-36)16-11-17-41(42)38-29-39(43-18-7-9-26-48-43)31-40(30-38)44-19-8-10-27-49-44/h1-31H. The van der Waals surface area contributed by atoms with Crippen LogP contribution in [0.4, 0.5) is 0 Å². The van der Waals surface area contributed by atoms with Crippen molar-refractivity contribution < 1.29 is 0 Å². The van der Waals surface area contributed by atoms with E-state index in [1.165, 1.54) is 10.8 Å². The summed E-state index contributed by atoms with van der Waals surface area (Å²) < 4.78 is 0. The second kappa shape index (κ2) is 13.7. The summed E-state index contributed by atoms with van der Waals surface area (Å²) in [6.07, 6.45) is 3.67. The number of benzene rings is 6. The molecule has 0 saturated heterocycles. The lowest BCUT2D eigenvalue weighted by Gasteiger charge is -2.13. The van der Waals surface area contributed by atoms with E-state index in [0.717, 1.165) is 61.5 Å². The van der Waals surface area contributed by atoms with E-state index in [1.807, 2.05) is 109 Å². The number of rotatable bonds is 7. The molecule has 0 aliphatic heterocycles. The van der Waals surface area contributed by atoms with Crippen molar-refractivity contribution in [3.05, 3.63) is 188 Å². The second-order valence-electron chi connectivity index (χ2n) is 12.6. The lowest BCUT2D eigenvalue weighted by molar-refractivity contribution is 1.07. The van der Waals surface area contributed by atoms with Crippen LogP contribution in [0.1, 0.15) is 0 Å². The Kier molecular flexibility index (Phi) is 8.12. The van der Waals surface area contributed by atoms with E-state index in [2.05, 4.69) is 88.8 Å². The van der Waals surface area contributed by atoms with Crippen molar-refractivity contribution in [2.24, 2.45) is 0 Å². The van der Waals surface area contributed by atoms with Gasteiger partial charge in [-0.2, -0.15) is 0 Å². The minimum atomic E-state index is 0.639. The van der Waals surface area contributed by atoms with Crippen molar-refractivity contribution in [3.8, 4) is 78.9 Å². The largest absolute Gasteiger partial charge is 0.256 e. The molecule has 0 aliphatic rings. The van der Waals surface area contributed by atoms with E-state index in [-0.39, 0.29) is 0 Å². The molecule has 0 fully saturated rings. The molecular formula is C47H31N5. The Labute approximate surface area is 302 Å². The Hall–Kier alpha value is -7.11. The van der Waals surface area contributed by atoms with Gasteiger partial charge in [0.15, 0.2) is 17.5 Å². The predicted molar refractivity (Wildman–Crippen MR) is 211 cm³/mol. The van der Waals surface area contributed by atoms with Gasteiger partial charge in [-0.25, -0.2) is 15.0 Å². The second-order valence-corrected chi connectivity index (χ2v) is 12.6. The molecule has 6 aromatic carbocycles. The van der Waals surface area contributed by atoms with Gasteiger partial charge in [0.2, 0.25) is 0 Å². The van der Waals surface area contributed by atoms with Crippen molar-refractivity contribution >= 4 is 10.8 Å². The fourth-order valence-electron chi connectivity index (χ4n) is 6.61. The maximum absolute atomic E-state index is 4.90. The van der Waals surface area contributed by atoms with Gasteiger partial charge in [0, 0.05) is 40.2 Å². The molecule has 5 nitrogen and oxygen atoms in total. The topological polar surface area (TPSA) is 64.5 Å². The Balaban J connectivity index is 1.08. The van der Waals surface area contributed by atoms with Crippen LogP contribution in [0, 0.1) is 0 Å². The van der Waals surface area contributed by atoms with Crippen molar-refractivity contribution in [3.63, 3.8) is 0 Å². The molecule has 0 N–H and O–H groups in total. The van der Waals surface area contributed by atoms with Crippen LogP contribution in [0.25, 0.3) is 89.7 Å². The summed E-state index contributed by atoms with van der Waals surface area (Å²) in [5, 5.41) is 2.35. The molecule has 3 heterocycles. The predicted octanol–water partition coefficient (Wildman–Crippen LogP) is 11.5. The van der Waals surface area contributed by atoms with Gasteiger partial charge in [0.25, 0.3) is 0 Å². The van der Waals surface area contributed by atoms with E-state index in [9.17, 15) is 0 Å². The molecule has 5 heteroatoms. The summed E-state index contributed by atoms with van der Waals surface area (Å²) in [6, 6.07) is 60.4. The number of hydrogen-bond acceptors (Lipinski definition) is 5. The lowest BCUT2D eigenvalue weighted by atomic mass is 9.92. The molecule has 0 unspecified atom stereocenters. The van der Waals surface area contributed by atoms with Crippen LogP contribution in [0.2, 0.25) is 0 Å². The minimum Gasteiger partial charge on any atom is -0.256 e. The number of fused-ring (bicyclic) bond motifs is 1. The highest BCUT2D eigenvalue weighted by Crippen LogP contribution is 2.37. The van der Waals surface area contributed by atoms with Gasteiger partial charge >= 0.3 is 0 Å². The summed E-state index contributed by atoms with van der Waals surface area (Å²) in [4.78, 5) is 24.0. The summed E-state index contributed by atoms with van der Waals surface area (Å²) in [7, 11) is 0. The first-order chi connectivity index (χ1) is 25.7. The van der Waals surface area contributed by atoms with Gasteiger partial charge in [-0.3, -0.25) is 9.97 Å². The first kappa shape index (κ1) is 30.9. The Bertz CT molecular complexity index is 2530. The number of nitrogens with zero attached hydrogens (tertiary/aromatic N) is 5. The first-order valence-corrected chi connectivity index (χ1v) is 17.2. The van der Waals surface area contributed by atoms with Crippen molar-refractivity contribution in [1.82, 2.24) is 24.9 Å². The van der Waals surface area contributed by atoms with E-state index >= 15 is 0 Å². The summed E-state index contributed by atoms with van der Waals surface area (Å²) in [5.74, 6) is 1.94. The van der Waals surface area contributed by atoms with Gasteiger partial charge in [-0.1, -0.05) is 127 Å². The maximum atomic E-state index is 4.90. The van der Waals surface area contributed by atoms with Gasteiger partial charge in [-0.05, 0) is 81.6 Å². The zero-order chi connectivity index (χ0) is 34.7. The van der Waals surface area contributed by atoms with Crippen LogP contribution < -0.4 is 0 Å². The van der Waals surface area contributed by atoms with Gasteiger partial charge in [-0.15, -0.1) is 0 Å². The van der Waals surface area contributed by atoms with Crippen molar-refractivity contribution in [2.75, 3.05) is 0 Å². The fraction of sp³-hybridized carbons (Fsp3) is 0.